The van der Waals surface area contributed by atoms with Gasteiger partial charge in [-0.05, 0) is 42.9 Å². The summed E-state index contributed by atoms with van der Waals surface area (Å²) in [7, 11) is 0. The molecule has 168 valence electrons. The topological polar surface area (TPSA) is 81.8 Å². The van der Waals surface area contributed by atoms with Gasteiger partial charge < -0.3 is 15.5 Å². The lowest BCUT2D eigenvalue weighted by Crippen LogP contribution is -2.51. The van der Waals surface area contributed by atoms with Crippen molar-refractivity contribution in [2.45, 2.75) is 51.4 Å². The zero-order valence-corrected chi connectivity index (χ0v) is 18.3. The number of hydrogen-bond donors (Lipinski definition) is 2. The van der Waals surface area contributed by atoms with Gasteiger partial charge >= 0.3 is 0 Å². The van der Waals surface area contributed by atoms with Gasteiger partial charge in [-0.25, -0.2) is 0 Å². The van der Waals surface area contributed by atoms with E-state index in [9.17, 15) is 14.4 Å². The molecule has 1 aliphatic carbocycles. The first-order valence-electron chi connectivity index (χ1n) is 11.8. The molecule has 1 aromatic carbocycles. The third-order valence-electron chi connectivity index (χ3n) is 6.80. The summed E-state index contributed by atoms with van der Waals surface area (Å²) in [6, 6.07) is 6.05. The lowest BCUT2D eigenvalue weighted by atomic mass is 10.0. The van der Waals surface area contributed by atoms with Crippen LogP contribution in [0.25, 0.3) is 0 Å². The van der Waals surface area contributed by atoms with Crippen molar-refractivity contribution in [1.82, 2.24) is 15.1 Å². The maximum absolute atomic E-state index is 12.5. The van der Waals surface area contributed by atoms with E-state index in [1.807, 2.05) is 17.0 Å². The van der Waals surface area contributed by atoms with Gasteiger partial charge in [-0.2, -0.15) is 0 Å². The standard InChI is InChI=1S/C24H34N4O3/c29-22(7-3-4-18-8-9-21-20(16-18)17-23(30)26-21)25-10-11-27-12-14-28(15-13-27)24(31)19-5-1-2-6-19/h8-9,16,19H,1-7,10-15,17H2,(H,25,29)(H,26,30). The maximum Gasteiger partial charge on any atom is 0.228 e. The number of aryl methyl sites for hydroxylation is 1. The molecule has 0 radical (unpaired) electrons. The van der Waals surface area contributed by atoms with Crippen LogP contribution in [-0.2, 0) is 27.2 Å². The number of nitrogens with one attached hydrogen (secondary N) is 2. The molecule has 0 spiro atoms. The van der Waals surface area contributed by atoms with Gasteiger partial charge in [0.25, 0.3) is 0 Å². The average Bonchev–Trinajstić information content (AvgIpc) is 3.42. The highest BCUT2D eigenvalue weighted by molar-refractivity contribution is 5.99. The Morgan fingerprint density at radius 2 is 1.87 bits per heavy atom. The molecule has 2 fully saturated rings. The molecular weight excluding hydrogens is 392 g/mol. The summed E-state index contributed by atoms with van der Waals surface area (Å²) in [4.78, 5) is 40.5. The Balaban J connectivity index is 1.08. The first-order valence-corrected chi connectivity index (χ1v) is 11.8. The Labute approximate surface area is 184 Å². The SMILES string of the molecule is O=C(CCCc1ccc2c(c1)CC(=O)N2)NCCN1CCN(C(=O)C2CCCC2)CC1. The highest BCUT2D eigenvalue weighted by Gasteiger charge is 2.29. The summed E-state index contributed by atoms with van der Waals surface area (Å²) < 4.78 is 0. The minimum Gasteiger partial charge on any atom is -0.355 e. The van der Waals surface area contributed by atoms with E-state index < -0.39 is 0 Å². The Morgan fingerprint density at radius 3 is 2.65 bits per heavy atom. The van der Waals surface area contributed by atoms with E-state index in [-0.39, 0.29) is 17.7 Å². The van der Waals surface area contributed by atoms with Crippen LogP contribution in [0, 0.1) is 5.92 Å². The first-order chi connectivity index (χ1) is 15.1. The Kier molecular flexibility index (Phi) is 7.22. The molecule has 7 nitrogen and oxygen atoms in total. The van der Waals surface area contributed by atoms with Gasteiger partial charge in [-0.15, -0.1) is 0 Å². The van der Waals surface area contributed by atoms with Crippen molar-refractivity contribution in [3.63, 3.8) is 0 Å². The average molecular weight is 427 g/mol. The fourth-order valence-electron chi connectivity index (χ4n) is 4.96. The van der Waals surface area contributed by atoms with Crippen LogP contribution >= 0.6 is 0 Å². The minimum atomic E-state index is 0.0494. The number of rotatable bonds is 8. The number of carbonyl (C=O) groups is 3. The van der Waals surface area contributed by atoms with E-state index in [0.29, 0.717) is 25.3 Å². The van der Waals surface area contributed by atoms with Gasteiger partial charge in [0.2, 0.25) is 17.7 Å². The number of hydrogen-bond acceptors (Lipinski definition) is 4. The third kappa shape index (κ3) is 5.85. The van der Waals surface area contributed by atoms with Crippen molar-refractivity contribution in [2.24, 2.45) is 5.92 Å². The largest absolute Gasteiger partial charge is 0.355 e. The predicted octanol–water partition coefficient (Wildman–Crippen LogP) is 1.95. The Morgan fingerprint density at radius 1 is 1.10 bits per heavy atom. The molecule has 3 amide bonds. The van der Waals surface area contributed by atoms with E-state index in [1.165, 1.54) is 18.4 Å². The van der Waals surface area contributed by atoms with Crippen LogP contribution in [0.4, 0.5) is 5.69 Å². The van der Waals surface area contributed by atoms with Crippen LogP contribution in [0.15, 0.2) is 18.2 Å². The van der Waals surface area contributed by atoms with Crippen LogP contribution in [0.1, 0.15) is 49.7 Å². The zero-order valence-electron chi connectivity index (χ0n) is 18.3. The second-order valence-electron chi connectivity index (χ2n) is 9.07. The quantitative estimate of drug-likeness (QED) is 0.666. The molecule has 1 saturated heterocycles. The second kappa shape index (κ2) is 10.3. The van der Waals surface area contributed by atoms with Gasteiger partial charge in [0.1, 0.15) is 0 Å². The van der Waals surface area contributed by atoms with Crippen LogP contribution < -0.4 is 10.6 Å². The molecule has 4 rings (SSSR count). The van der Waals surface area contributed by atoms with Gasteiger partial charge in [0, 0.05) is 57.3 Å². The summed E-state index contributed by atoms with van der Waals surface area (Å²) in [6.07, 6.45) is 7.12. The van der Waals surface area contributed by atoms with Crippen molar-refractivity contribution in [1.29, 1.82) is 0 Å². The molecule has 31 heavy (non-hydrogen) atoms. The third-order valence-corrected chi connectivity index (χ3v) is 6.80. The molecule has 2 heterocycles. The van der Waals surface area contributed by atoms with Gasteiger partial charge in [0.15, 0.2) is 0 Å². The number of amides is 3. The van der Waals surface area contributed by atoms with E-state index in [2.05, 4.69) is 21.6 Å². The number of benzene rings is 1. The van der Waals surface area contributed by atoms with Gasteiger partial charge in [0.05, 0.1) is 6.42 Å². The van der Waals surface area contributed by atoms with Crippen molar-refractivity contribution in [3.05, 3.63) is 29.3 Å². The smallest absolute Gasteiger partial charge is 0.228 e. The monoisotopic (exact) mass is 426 g/mol. The first kappa shape index (κ1) is 21.8. The van der Waals surface area contributed by atoms with Crippen LogP contribution in [0.5, 0.6) is 0 Å². The molecule has 0 atom stereocenters. The molecule has 7 heteroatoms. The fraction of sp³-hybridized carbons (Fsp3) is 0.625. The molecular formula is C24H34N4O3. The number of anilines is 1. The van der Waals surface area contributed by atoms with Gasteiger partial charge in [-0.1, -0.05) is 25.0 Å². The van der Waals surface area contributed by atoms with Crippen LogP contribution in [0.2, 0.25) is 0 Å². The van der Waals surface area contributed by atoms with Crippen LogP contribution in [0.3, 0.4) is 0 Å². The summed E-state index contributed by atoms with van der Waals surface area (Å²) in [5.74, 6) is 0.764. The van der Waals surface area contributed by atoms with E-state index in [4.69, 9.17) is 0 Å². The van der Waals surface area contributed by atoms with Crippen molar-refractivity contribution in [3.8, 4) is 0 Å². The lowest BCUT2D eigenvalue weighted by molar-refractivity contribution is -0.137. The number of nitrogens with zero attached hydrogens (tertiary/aromatic N) is 2. The predicted molar refractivity (Wildman–Crippen MR) is 120 cm³/mol. The van der Waals surface area contributed by atoms with Crippen LogP contribution in [-0.4, -0.2) is 66.8 Å². The summed E-state index contributed by atoms with van der Waals surface area (Å²) in [5, 5.41) is 5.87. The second-order valence-corrected chi connectivity index (χ2v) is 9.07. The summed E-state index contributed by atoms with van der Waals surface area (Å²) >= 11 is 0. The fourth-order valence-corrected chi connectivity index (χ4v) is 4.96. The molecule has 0 bridgehead atoms. The summed E-state index contributed by atoms with van der Waals surface area (Å²) in [6.45, 7) is 4.90. The molecule has 2 N–H and O–H groups in total. The Hall–Kier alpha value is -2.41. The molecule has 1 aromatic rings. The molecule has 0 aromatic heterocycles. The van der Waals surface area contributed by atoms with Crippen molar-refractivity contribution in [2.75, 3.05) is 44.6 Å². The highest BCUT2D eigenvalue weighted by atomic mass is 16.2. The van der Waals surface area contributed by atoms with Crippen molar-refractivity contribution >= 4 is 23.4 Å². The number of piperazine rings is 1. The lowest BCUT2D eigenvalue weighted by Gasteiger charge is -2.36. The minimum absolute atomic E-state index is 0.0494. The maximum atomic E-state index is 12.5. The molecule has 1 saturated carbocycles. The highest BCUT2D eigenvalue weighted by Crippen LogP contribution is 2.27. The van der Waals surface area contributed by atoms with Gasteiger partial charge in [-0.3, -0.25) is 19.3 Å². The van der Waals surface area contributed by atoms with E-state index in [1.54, 1.807) is 0 Å². The van der Waals surface area contributed by atoms with E-state index >= 15 is 0 Å². The summed E-state index contributed by atoms with van der Waals surface area (Å²) in [5.41, 5.74) is 3.14. The van der Waals surface area contributed by atoms with Crippen molar-refractivity contribution < 1.29 is 14.4 Å². The normalized spacial score (nSPS) is 19.4. The molecule has 2 aliphatic heterocycles. The zero-order chi connectivity index (χ0) is 21.6. The number of carbonyl (C=O) groups excluding carboxylic acids is 3. The number of fused-ring (bicyclic) bond motifs is 1. The Bertz CT molecular complexity index is 811. The van der Waals surface area contributed by atoms with E-state index in [0.717, 1.165) is 69.7 Å². The molecule has 0 unspecified atom stereocenters. The molecule has 3 aliphatic rings.